The minimum atomic E-state index is -3.25. The van der Waals surface area contributed by atoms with Gasteiger partial charge in [0.05, 0.1) is 5.54 Å². The van der Waals surface area contributed by atoms with E-state index in [1.165, 1.54) is 0 Å². The molecule has 0 saturated heterocycles. The second kappa shape index (κ2) is 5.31. The van der Waals surface area contributed by atoms with Crippen molar-refractivity contribution in [1.29, 1.82) is 0 Å². The van der Waals surface area contributed by atoms with Gasteiger partial charge >= 0.3 is 8.80 Å². The van der Waals surface area contributed by atoms with Gasteiger partial charge in [0.15, 0.2) is 5.29 Å². The number of hydrogen-bond donors (Lipinski definition) is 3. The zero-order valence-electron chi connectivity index (χ0n) is 12.9. The summed E-state index contributed by atoms with van der Waals surface area (Å²) in [6, 6.07) is 0. The summed E-state index contributed by atoms with van der Waals surface area (Å²) in [5, 5.41) is -1.25. The van der Waals surface area contributed by atoms with Crippen LogP contribution in [0.2, 0.25) is 0 Å². The van der Waals surface area contributed by atoms with Crippen molar-refractivity contribution in [3.63, 3.8) is 0 Å². The molecule has 0 amide bonds. The molecule has 2 aliphatic rings. The van der Waals surface area contributed by atoms with Gasteiger partial charge in [0, 0.05) is 19.8 Å². The van der Waals surface area contributed by atoms with Crippen LogP contribution >= 0.6 is 0 Å². The molecular formula is C13H29N3O3Si. The van der Waals surface area contributed by atoms with Gasteiger partial charge in [0.25, 0.3) is 0 Å². The van der Waals surface area contributed by atoms with E-state index in [2.05, 4.69) is 0 Å². The maximum Gasteiger partial charge on any atom is 0.539 e. The van der Waals surface area contributed by atoms with E-state index in [0.717, 1.165) is 25.7 Å². The van der Waals surface area contributed by atoms with Gasteiger partial charge < -0.3 is 30.5 Å². The molecule has 0 aromatic carbocycles. The van der Waals surface area contributed by atoms with E-state index in [9.17, 15) is 0 Å². The average Bonchev–Trinajstić information content (AvgIpc) is 3.19. The minimum absolute atomic E-state index is 0.0834. The van der Waals surface area contributed by atoms with Crippen molar-refractivity contribution in [3.05, 3.63) is 0 Å². The molecule has 118 valence electrons. The molecule has 6 N–H and O–H groups in total. The van der Waals surface area contributed by atoms with Crippen molar-refractivity contribution in [2.24, 2.45) is 22.6 Å². The fraction of sp³-hybridized carbons (Fsp3) is 1.00. The molecule has 1 atom stereocenters. The Hall–Kier alpha value is -0.0231. The van der Waals surface area contributed by atoms with E-state index in [1.54, 1.807) is 0 Å². The highest BCUT2D eigenvalue weighted by Crippen LogP contribution is 2.68. The molecule has 7 heteroatoms. The molecule has 0 aromatic rings. The van der Waals surface area contributed by atoms with Crippen LogP contribution in [0.1, 0.15) is 46.5 Å². The molecule has 1 unspecified atom stereocenters. The highest BCUT2D eigenvalue weighted by Gasteiger charge is 2.77. The topological polar surface area (TPSA) is 106 Å². The average molecular weight is 303 g/mol. The smallest absolute Gasteiger partial charge is 0.372 e. The first kappa shape index (κ1) is 16.3. The van der Waals surface area contributed by atoms with Crippen molar-refractivity contribution in [3.8, 4) is 0 Å². The van der Waals surface area contributed by atoms with Crippen LogP contribution in [0.25, 0.3) is 0 Å². The van der Waals surface area contributed by atoms with Crippen LogP contribution in [0.4, 0.5) is 0 Å². The van der Waals surface area contributed by atoms with Crippen molar-refractivity contribution < 1.29 is 13.3 Å². The molecule has 2 rings (SSSR count). The maximum atomic E-state index is 6.64. The maximum absolute atomic E-state index is 6.64. The van der Waals surface area contributed by atoms with Crippen LogP contribution in [0, 0.1) is 5.41 Å². The summed E-state index contributed by atoms with van der Waals surface area (Å²) in [4.78, 5) is 0. The molecule has 1 spiro atoms. The third kappa shape index (κ3) is 1.99. The van der Waals surface area contributed by atoms with Crippen LogP contribution in [0.15, 0.2) is 0 Å². The van der Waals surface area contributed by atoms with E-state index >= 15 is 0 Å². The standard InChI is InChI=1S/C13H29N3O3Si/c1-4-17-20(18-5-2,19-6-3)13(15,16)12(14)10-9-11(12)7-8-11/h4-10,14-16H2,1-3H3. The van der Waals surface area contributed by atoms with E-state index in [-0.39, 0.29) is 5.41 Å². The summed E-state index contributed by atoms with van der Waals surface area (Å²) in [7, 11) is -3.25. The Morgan fingerprint density at radius 1 is 0.900 bits per heavy atom. The number of rotatable bonds is 8. The molecule has 2 fully saturated rings. The predicted molar refractivity (Wildman–Crippen MR) is 79.6 cm³/mol. The van der Waals surface area contributed by atoms with Gasteiger partial charge in [-0.2, -0.15) is 0 Å². The van der Waals surface area contributed by atoms with Crippen LogP contribution in [0.3, 0.4) is 0 Å². The van der Waals surface area contributed by atoms with Gasteiger partial charge in [-0.1, -0.05) is 0 Å². The molecular weight excluding hydrogens is 274 g/mol. The summed E-state index contributed by atoms with van der Waals surface area (Å²) < 4.78 is 17.6. The first-order valence-electron chi connectivity index (χ1n) is 7.63. The molecule has 0 bridgehead atoms. The van der Waals surface area contributed by atoms with Gasteiger partial charge in [-0.15, -0.1) is 0 Å². The lowest BCUT2D eigenvalue weighted by atomic mass is 9.62. The van der Waals surface area contributed by atoms with Gasteiger partial charge in [-0.25, -0.2) is 0 Å². The lowest BCUT2D eigenvalue weighted by Gasteiger charge is -2.59. The molecule has 2 saturated carbocycles. The second-order valence-electron chi connectivity index (χ2n) is 5.98. The Bertz CT molecular complexity index is 346. The lowest BCUT2D eigenvalue weighted by molar-refractivity contribution is -0.0210. The van der Waals surface area contributed by atoms with Gasteiger partial charge in [0.1, 0.15) is 0 Å². The number of nitrogens with two attached hydrogens (primary N) is 3. The first-order chi connectivity index (χ1) is 9.35. The number of hydrogen-bond acceptors (Lipinski definition) is 6. The van der Waals surface area contributed by atoms with Gasteiger partial charge in [-0.3, -0.25) is 0 Å². The Morgan fingerprint density at radius 2 is 1.30 bits per heavy atom. The molecule has 0 radical (unpaired) electrons. The zero-order valence-corrected chi connectivity index (χ0v) is 13.9. The zero-order chi connectivity index (χ0) is 15.1. The minimum Gasteiger partial charge on any atom is -0.372 e. The molecule has 6 nitrogen and oxygen atoms in total. The molecule has 20 heavy (non-hydrogen) atoms. The monoisotopic (exact) mass is 303 g/mol. The Morgan fingerprint density at radius 3 is 1.55 bits per heavy atom. The van der Waals surface area contributed by atoms with Gasteiger partial charge in [0.2, 0.25) is 0 Å². The summed E-state index contributed by atoms with van der Waals surface area (Å²) in [5.41, 5.74) is 19.2. The van der Waals surface area contributed by atoms with Crippen molar-refractivity contribution >= 4 is 8.80 Å². The third-order valence-corrected chi connectivity index (χ3v) is 8.51. The highest BCUT2D eigenvalue weighted by molar-refractivity contribution is 6.64. The third-order valence-electron chi connectivity index (χ3n) is 5.05. The van der Waals surface area contributed by atoms with Crippen LogP contribution in [0.5, 0.6) is 0 Å². The summed E-state index contributed by atoms with van der Waals surface area (Å²) >= 11 is 0. The largest absolute Gasteiger partial charge is 0.539 e. The molecule has 0 heterocycles. The summed E-state index contributed by atoms with van der Waals surface area (Å²) in [5.74, 6) is 0. The highest BCUT2D eigenvalue weighted by atomic mass is 28.4. The predicted octanol–water partition coefficient (Wildman–Crippen LogP) is 0.459. The van der Waals surface area contributed by atoms with E-state index in [1.807, 2.05) is 20.8 Å². The molecule has 0 aromatic heterocycles. The summed E-state index contributed by atoms with van der Waals surface area (Å²) in [6.07, 6.45) is 4.08. The molecule has 2 aliphatic carbocycles. The van der Waals surface area contributed by atoms with Gasteiger partial charge in [-0.05, 0) is 51.9 Å². The van der Waals surface area contributed by atoms with Crippen molar-refractivity contribution in [2.75, 3.05) is 19.8 Å². The molecule has 0 aliphatic heterocycles. The van der Waals surface area contributed by atoms with E-state index in [4.69, 9.17) is 30.5 Å². The fourth-order valence-electron chi connectivity index (χ4n) is 3.57. The second-order valence-corrected chi connectivity index (χ2v) is 8.78. The Balaban J connectivity index is 2.34. The Labute approximate surface area is 122 Å². The van der Waals surface area contributed by atoms with E-state index in [0.29, 0.717) is 19.8 Å². The Kier molecular flexibility index (Phi) is 4.34. The summed E-state index contributed by atoms with van der Waals surface area (Å²) in [6.45, 7) is 7.04. The first-order valence-corrected chi connectivity index (χ1v) is 9.35. The van der Waals surface area contributed by atoms with Crippen LogP contribution in [-0.4, -0.2) is 39.5 Å². The van der Waals surface area contributed by atoms with Crippen molar-refractivity contribution in [1.82, 2.24) is 0 Å². The normalized spacial score (nSPS) is 28.5. The quantitative estimate of drug-likeness (QED) is 0.444. The van der Waals surface area contributed by atoms with Crippen LogP contribution < -0.4 is 17.2 Å². The van der Waals surface area contributed by atoms with Crippen molar-refractivity contribution in [2.45, 2.75) is 57.3 Å². The fourth-order valence-corrected chi connectivity index (χ4v) is 6.61. The lowest BCUT2D eigenvalue weighted by Crippen LogP contribution is -2.90. The van der Waals surface area contributed by atoms with Crippen LogP contribution in [-0.2, 0) is 13.3 Å². The van der Waals surface area contributed by atoms with E-state index < -0.39 is 19.6 Å². The SMILES string of the molecule is CCO[Si](OCC)(OCC)C(N)(N)C1(N)CCC12CC2.